The van der Waals surface area contributed by atoms with Gasteiger partial charge in [0.1, 0.15) is 11.3 Å². The van der Waals surface area contributed by atoms with Gasteiger partial charge in [0.15, 0.2) is 0 Å². The van der Waals surface area contributed by atoms with Crippen molar-refractivity contribution < 1.29 is 9.53 Å². The number of carbonyl (C=O) groups excluding carboxylic acids is 1. The number of rotatable bonds is 3. The first-order valence-electron chi connectivity index (χ1n) is 10.1. The lowest BCUT2D eigenvalue weighted by Crippen LogP contribution is -2.27. The van der Waals surface area contributed by atoms with Crippen LogP contribution >= 0.6 is 0 Å². The zero-order valence-electron chi connectivity index (χ0n) is 16.4. The Morgan fingerprint density at radius 1 is 1.34 bits per heavy atom. The fraction of sp³-hybridized carbons (Fsp3) is 0.455. The Balaban J connectivity index is 1.56. The first-order valence-corrected chi connectivity index (χ1v) is 10.1. The summed E-state index contributed by atoms with van der Waals surface area (Å²) in [5, 5.41) is 13.1. The largest absolute Gasteiger partial charge is 0.453 e. The molecule has 1 aromatic carbocycles. The molecule has 7 nitrogen and oxygen atoms in total. The number of benzene rings is 1. The highest BCUT2D eigenvalue weighted by Gasteiger charge is 2.55. The van der Waals surface area contributed by atoms with E-state index in [0.717, 1.165) is 59.9 Å². The highest BCUT2D eigenvalue weighted by atomic mass is 16.5. The number of nitriles is 1. The maximum absolute atomic E-state index is 11.6. The Morgan fingerprint density at radius 2 is 2.14 bits per heavy atom. The van der Waals surface area contributed by atoms with Gasteiger partial charge in [-0.25, -0.2) is 9.78 Å². The monoisotopic (exact) mass is 389 g/mol. The molecule has 2 aliphatic carbocycles. The van der Waals surface area contributed by atoms with Crippen LogP contribution in [-0.4, -0.2) is 27.7 Å². The van der Waals surface area contributed by atoms with Crippen LogP contribution < -0.4 is 5.32 Å². The molecule has 7 heteroatoms. The van der Waals surface area contributed by atoms with Crippen LogP contribution in [0.3, 0.4) is 0 Å². The highest BCUT2D eigenvalue weighted by molar-refractivity contribution is 6.02. The molecule has 0 radical (unpaired) electrons. The fourth-order valence-corrected chi connectivity index (χ4v) is 5.03. The number of pyridine rings is 1. The summed E-state index contributed by atoms with van der Waals surface area (Å²) in [5.41, 5.74) is 3.10. The van der Waals surface area contributed by atoms with Crippen molar-refractivity contribution in [2.24, 2.45) is 11.3 Å². The van der Waals surface area contributed by atoms with Gasteiger partial charge in [0.25, 0.3) is 0 Å². The smallest absolute Gasteiger partial charge is 0.407 e. The van der Waals surface area contributed by atoms with E-state index in [1.54, 1.807) is 0 Å². The van der Waals surface area contributed by atoms with Crippen LogP contribution in [0.25, 0.3) is 21.9 Å². The van der Waals surface area contributed by atoms with Crippen LogP contribution in [0.1, 0.15) is 44.0 Å². The Hall–Kier alpha value is -3.14. The SMILES string of the molecule is COC(=O)NCc1nc2cnc3ccccc3c2n1C1CCC2(CC1)C[C@H]2C#N. The third-order valence-corrected chi connectivity index (χ3v) is 6.73. The lowest BCUT2D eigenvalue weighted by Gasteiger charge is -2.31. The molecule has 2 saturated carbocycles. The number of hydrogen-bond acceptors (Lipinski definition) is 5. The molecule has 0 aliphatic heterocycles. The van der Waals surface area contributed by atoms with Crippen LogP contribution in [0, 0.1) is 22.7 Å². The number of hydrogen-bond donors (Lipinski definition) is 1. The van der Waals surface area contributed by atoms with Crippen molar-refractivity contribution in [3.63, 3.8) is 0 Å². The standard InChI is InChI=1S/C22H23N5O2/c1-29-21(28)25-13-19-26-18-12-24-17-5-3-2-4-16(17)20(18)27(19)15-6-8-22(9-7-15)10-14(22)11-23/h2-5,12,14-15H,6-10,13H2,1H3,(H,25,28)/t14-,15?,22?/m0/s1. The number of carbonyl (C=O) groups is 1. The number of nitrogens with one attached hydrogen (secondary N) is 1. The van der Waals surface area contributed by atoms with Crippen LogP contribution in [0.15, 0.2) is 30.5 Å². The molecule has 0 unspecified atom stereocenters. The molecule has 2 aliphatic rings. The van der Waals surface area contributed by atoms with E-state index in [4.69, 9.17) is 9.72 Å². The average Bonchev–Trinajstić information content (AvgIpc) is 3.31. The lowest BCUT2D eigenvalue weighted by atomic mass is 9.81. The minimum atomic E-state index is -0.468. The van der Waals surface area contributed by atoms with Crippen molar-refractivity contribution in [1.82, 2.24) is 19.9 Å². The summed E-state index contributed by atoms with van der Waals surface area (Å²) >= 11 is 0. The number of imidazole rings is 1. The summed E-state index contributed by atoms with van der Waals surface area (Å²) in [6.45, 7) is 0.304. The van der Waals surface area contributed by atoms with Gasteiger partial charge in [-0.2, -0.15) is 5.26 Å². The summed E-state index contributed by atoms with van der Waals surface area (Å²) in [5.74, 6) is 1.05. The minimum Gasteiger partial charge on any atom is -0.453 e. The number of methoxy groups -OCH3 is 1. The molecule has 0 bridgehead atoms. The van der Waals surface area contributed by atoms with Crippen LogP contribution in [0.5, 0.6) is 0 Å². The molecule has 1 atom stereocenters. The molecule has 1 N–H and O–H groups in total. The van der Waals surface area contributed by atoms with Gasteiger partial charge in [0.2, 0.25) is 0 Å². The molecule has 29 heavy (non-hydrogen) atoms. The molecule has 2 fully saturated rings. The van der Waals surface area contributed by atoms with Gasteiger partial charge in [-0.1, -0.05) is 18.2 Å². The first kappa shape index (κ1) is 17.9. The zero-order valence-corrected chi connectivity index (χ0v) is 16.4. The number of alkyl carbamates (subject to hydrolysis) is 1. The van der Waals surface area contributed by atoms with E-state index in [-0.39, 0.29) is 11.3 Å². The zero-order chi connectivity index (χ0) is 20.0. The van der Waals surface area contributed by atoms with Gasteiger partial charge in [-0.3, -0.25) is 4.98 Å². The third kappa shape index (κ3) is 2.91. The molecular formula is C22H23N5O2. The lowest BCUT2D eigenvalue weighted by molar-refractivity contribution is 0.169. The van der Waals surface area contributed by atoms with E-state index in [2.05, 4.69) is 27.0 Å². The second-order valence-corrected chi connectivity index (χ2v) is 8.23. The molecule has 1 amide bonds. The van der Waals surface area contributed by atoms with Crippen molar-refractivity contribution in [2.75, 3.05) is 7.11 Å². The number of fused-ring (bicyclic) bond motifs is 3. The van der Waals surface area contributed by atoms with Gasteiger partial charge in [0.05, 0.1) is 42.9 Å². The Labute approximate surface area is 168 Å². The summed E-state index contributed by atoms with van der Waals surface area (Å²) in [6.07, 6.45) is 6.57. The second-order valence-electron chi connectivity index (χ2n) is 8.23. The minimum absolute atomic E-state index is 0.230. The molecule has 2 aromatic heterocycles. The molecule has 5 rings (SSSR count). The van der Waals surface area contributed by atoms with Crippen molar-refractivity contribution in [3.8, 4) is 6.07 Å². The first-order chi connectivity index (χ1) is 14.1. The maximum atomic E-state index is 11.6. The molecular weight excluding hydrogens is 366 g/mol. The van der Waals surface area contributed by atoms with Crippen LogP contribution in [0.2, 0.25) is 0 Å². The number of para-hydroxylation sites is 1. The van der Waals surface area contributed by atoms with Gasteiger partial charge in [-0.05, 0) is 43.6 Å². The normalized spacial score (nSPS) is 25.8. The predicted molar refractivity (Wildman–Crippen MR) is 108 cm³/mol. The molecule has 2 heterocycles. The van der Waals surface area contributed by atoms with E-state index in [0.29, 0.717) is 12.6 Å². The van der Waals surface area contributed by atoms with E-state index >= 15 is 0 Å². The number of amides is 1. The second kappa shape index (κ2) is 6.73. The van der Waals surface area contributed by atoms with E-state index in [1.165, 1.54) is 7.11 Å². The van der Waals surface area contributed by atoms with Crippen molar-refractivity contribution >= 4 is 28.0 Å². The molecule has 1 spiro atoms. The summed E-state index contributed by atoms with van der Waals surface area (Å²) in [6, 6.07) is 10.9. The maximum Gasteiger partial charge on any atom is 0.407 e. The third-order valence-electron chi connectivity index (χ3n) is 6.73. The predicted octanol–water partition coefficient (Wildman–Crippen LogP) is 4.09. The average molecular weight is 389 g/mol. The number of ether oxygens (including phenoxy) is 1. The van der Waals surface area contributed by atoms with Crippen LogP contribution in [-0.2, 0) is 11.3 Å². The number of aromatic nitrogens is 3. The molecule has 3 aromatic rings. The topological polar surface area (TPSA) is 92.8 Å². The van der Waals surface area contributed by atoms with Crippen molar-refractivity contribution in [2.45, 2.75) is 44.7 Å². The Kier molecular flexibility index (Phi) is 4.16. The Bertz CT molecular complexity index is 1140. The quantitative estimate of drug-likeness (QED) is 0.728. The van der Waals surface area contributed by atoms with E-state index in [1.807, 2.05) is 24.4 Å². The summed E-state index contributed by atoms with van der Waals surface area (Å²) < 4.78 is 7.03. The van der Waals surface area contributed by atoms with E-state index in [9.17, 15) is 10.1 Å². The number of nitrogens with zero attached hydrogens (tertiary/aromatic N) is 4. The van der Waals surface area contributed by atoms with Gasteiger partial charge >= 0.3 is 6.09 Å². The van der Waals surface area contributed by atoms with Gasteiger partial charge < -0.3 is 14.6 Å². The molecule has 148 valence electrons. The highest BCUT2D eigenvalue weighted by Crippen LogP contribution is 2.62. The van der Waals surface area contributed by atoms with E-state index < -0.39 is 6.09 Å². The summed E-state index contributed by atoms with van der Waals surface area (Å²) in [4.78, 5) is 21.0. The van der Waals surface area contributed by atoms with Crippen molar-refractivity contribution in [1.29, 1.82) is 5.26 Å². The van der Waals surface area contributed by atoms with Crippen LogP contribution in [0.4, 0.5) is 4.79 Å². The summed E-state index contributed by atoms with van der Waals surface area (Å²) in [7, 11) is 1.36. The molecule has 0 saturated heterocycles. The van der Waals surface area contributed by atoms with Crippen molar-refractivity contribution in [3.05, 3.63) is 36.3 Å². The van der Waals surface area contributed by atoms with Gasteiger partial charge in [0, 0.05) is 11.4 Å². The van der Waals surface area contributed by atoms with Gasteiger partial charge in [-0.15, -0.1) is 0 Å². The fourth-order valence-electron chi connectivity index (χ4n) is 5.03. The Morgan fingerprint density at radius 3 is 2.86 bits per heavy atom.